The third-order valence-electron chi connectivity index (χ3n) is 4.38. The molecule has 0 saturated carbocycles. The highest BCUT2D eigenvalue weighted by Crippen LogP contribution is 2.31. The normalized spacial score (nSPS) is 14.5. The lowest BCUT2D eigenvalue weighted by Gasteiger charge is -2.21. The summed E-state index contributed by atoms with van der Waals surface area (Å²) in [6, 6.07) is 11.8. The summed E-state index contributed by atoms with van der Waals surface area (Å²) < 4.78 is 24.9. The molecule has 1 aliphatic rings. The molecule has 7 heteroatoms. The predicted molar refractivity (Wildman–Crippen MR) is 105 cm³/mol. The van der Waals surface area contributed by atoms with Crippen molar-refractivity contribution >= 4 is 38.7 Å². The fourth-order valence-electron chi connectivity index (χ4n) is 3.03. The Hall–Kier alpha value is -2.05. The van der Waals surface area contributed by atoms with E-state index in [1.54, 1.807) is 24.3 Å². The molecule has 0 aromatic heterocycles. The van der Waals surface area contributed by atoms with E-state index in [1.165, 1.54) is 12.1 Å². The monoisotopic (exact) mass is 392 g/mol. The van der Waals surface area contributed by atoms with E-state index in [2.05, 4.69) is 10.2 Å². The lowest BCUT2D eigenvalue weighted by atomic mass is 10.2. The Balaban J connectivity index is 1.77. The average Bonchev–Trinajstić information content (AvgIpc) is 3.09. The third-order valence-corrected chi connectivity index (χ3v) is 6.25. The van der Waals surface area contributed by atoms with Crippen molar-refractivity contribution in [2.24, 2.45) is 0 Å². The van der Waals surface area contributed by atoms with E-state index in [0.717, 1.165) is 37.2 Å². The number of aryl methyl sites for hydroxylation is 1. The van der Waals surface area contributed by atoms with E-state index in [9.17, 15) is 13.2 Å². The number of rotatable bonds is 5. The van der Waals surface area contributed by atoms with E-state index in [4.69, 9.17) is 11.6 Å². The van der Waals surface area contributed by atoms with Gasteiger partial charge >= 0.3 is 0 Å². The molecule has 2 aromatic rings. The fraction of sp³-hybridized carbons (Fsp3) is 0.316. The maximum atomic E-state index is 12.5. The molecule has 1 fully saturated rings. The van der Waals surface area contributed by atoms with Crippen LogP contribution in [0.1, 0.15) is 18.4 Å². The minimum atomic E-state index is -3.70. The first-order valence-electron chi connectivity index (χ1n) is 8.49. The van der Waals surface area contributed by atoms with Gasteiger partial charge in [0, 0.05) is 18.1 Å². The summed E-state index contributed by atoms with van der Waals surface area (Å²) in [5.74, 6) is -1.18. The molecule has 0 spiro atoms. The molecule has 138 valence electrons. The zero-order valence-electron chi connectivity index (χ0n) is 14.5. The maximum Gasteiger partial charge on any atom is 0.240 e. The van der Waals surface area contributed by atoms with Crippen LogP contribution in [-0.2, 0) is 14.6 Å². The Morgan fingerprint density at radius 3 is 2.42 bits per heavy atom. The molecular formula is C19H21ClN2O3S. The largest absolute Gasteiger partial charge is 0.370 e. The van der Waals surface area contributed by atoms with Crippen molar-refractivity contribution in [3.63, 3.8) is 0 Å². The summed E-state index contributed by atoms with van der Waals surface area (Å²) in [4.78, 5) is 14.7. The number of benzene rings is 2. The molecule has 0 aliphatic carbocycles. The molecule has 1 aliphatic heterocycles. The highest BCUT2D eigenvalue weighted by molar-refractivity contribution is 7.92. The quantitative estimate of drug-likeness (QED) is 0.843. The number of amides is 1. The zero-order chi connectivity index (χ0) is 18.7. The van der Waals surface area contributed by atoms with Crippen LogP contribution in [0.3, 0.4) is 0 Å². The molecular weight excluding hydrogens is 372 g/mol. The Morgan fingerprint density at radius 1 is 1.12 bits per heavy atom. The van der Waals surface area contributed by atoms with Crippen molar-refractivity contribution in [3.8, 4) is 0 Å². The van der Waals surface area contributed by atoms with Gasteiger partial charge in [0.1, 0.15) is 5.75 Å². The highest BCUT2D eigenvalue weighted by atomic mass is 35.5. The standard InChI is InChI=1S/C19H21ClN2O3S/c1-14-4-7-16(8-5-14)26(24,25)13-19(23)21-17-12-15(20)6-9-18(17)22-10-2-3-11-22/h4-9,12H,2-3,10-11,13H2,1H3,(H,21,23). The number of nitrogens with one attached hydrogen (secondary N) is 1. The number of hydrogen-bond acceptors (Lipinski definition) is 4. The lowest BCUT2D eigenvalue weighted by molar-refractivity contribution is -0.113. The Bertz CT molecular complexity index is 905. The minimum Gasteiger partial charge on any atom is -0.370 e. The topological polar surface area (TPSA) is 66.5 Å². The smallest absolute Gasteiger partial charge is 0.240 e. The lowest BCUT2D eigenvalue weighted by Crippen LogP contribution is -2.25. The number of nitrogens with zero attached hydrogens (tertiary/aromatic N) is 1. The van der Waals surface area contributed by atoms with Crippen LogP contribution in [0.5, 0.6) is 0 Å². The molecule has 26 heavy (non-hydrogen) atoms. The van der Waals surface area contributed by atoms with E-state index in [1.807, 2.05) is 13.0 Å². The van der Waals surface area contributed by atoms with Crippen molar-refractivity contribution in [3.05, 3.63) is 53.1 Å². The number of carbonyl (C=O) groups is 1. The van der Waals surface area contributed by atoms with Crippen LogP contribution in [-0.4, -0.2) is 33.2 Å². The summed E-state index contributed by atoms with van der Waals surface area (Å²) >= 11 is 6.06. The summed E-state index contributed by atoms with van der Waals surface area (Å²) in [5, 5.41) is 3.21. The molecule has 1 saturated heterocycles. The molecule has 1 amide bonds. The van der Waals surface area contributed by atoms with Gasteiger partial charge in [-0.05, 0) is 50.1 Å². The van der Waals surface area contributed by atoms with E-state index in [0.29, 0.717) is 10.7 Å². The van der Waals surface area contributed by atoms with Crippen LogP contribution in [0, 0.1) is 6.92 Å². The van der Waals surface area contributed by atoms with Crippen LogP contribution in [0.2, 0.25) is 5.02 Å². The second-order valence-electron chi connectivity index (χ2n) is 6.48. The Kier molecular flexibility index (Phi) is 5.53. The molecule has 0 bridgehead atoms. The van der Waals surface area contributed by atoms with Crippen LogP contribution in [0.15, 0.2) is 47.4 Å². The molecule has 0 radical (unpaired) electrons. The van der Waals surface area contributed by atoms with Gasteiger partial charge in [-0.1, -0.05) is 29.3 Å². The van der Waals surface area contributed by atoms with E-state index < -0.39 is 21.5 Å². The Morgan fingerprint density at radius 2 is 1.77 bits per heavy atom. The zero-order valence-corrected chi connectivity index (χ0v) is 16.1. The molecule has 0 atom stereocenters. The number of sulfone groups is 1. The molecule has 0 unspecified atom stereocenters. The van der Waals surface area contributed by atoms with Gasteiger partial charge in [-0.2, -0.15) is 0 Å². The first-order chi connectivity index (χ1) is 12.3. The SMILES string of the molecule is Cc1ccc(S(=O)(=O)CC(=O)Nc2cc(Cl)ccc2N2CCCC2)cc1. The van der Waals surface area contributed by atoms with E-state index >= 15 is 0 Å². The highest BCUT2D eigenvalue weighted by Gasteiger charge is 2.22. The number of anilines is 2. The molecule has 3 rings (SSSR count). The second-order valence-corrected chi connectivity index (χ2v) is 8.90. The second kappa shape index (κ2) is 7.68. The summed E-state index contributed by atoms with van der Waals surface area (Å²) in [6.45, 7) is 3.69. The minimum absolute atomic E-state index is 0.143. The summed E-state index contributed by atoms with van der Waals surface area (Å²) in [7, 11) is -3.70. The molecule has 1 heterocycles. The van der Waals surface area contributed by atoms with E-state index in [-0.39, 0.29) is 4.90 Å². The first-order valence-corrected chi connectivity index (χ1v) is 10.5. The van der Waals surface area contributed by atoms with Crippen molar-refractivity contribution in [2.45, 2.75) is 24.7 Å². The third kappa shape index (κ3) is 4.37. The molecule has 5 nitrogen and oxygen atoms in total. The van der Waals surface area contributed by atoms with Crippen LogP contribution < -0.4 is 10.2 Å². The van der Waals surface area contributed by atoms with Crippen LogP contribution in [0.25, 0.3) is 0 Å². The van der Waals surface area contributed by atoms with Gasteiger partial charge in [0.2, 0.25) is 5.91 Å². The van der Waals surface area contributed by atoms with Gasteiger partial charge in [-0.25, -0.2) is 8.42 Å². The Labute approximate surface area is 158 Å². The van der Waals surface area contributed by atoms with Gasteiger partial charge in [-0.15, -0.1) is 0 Å². The van der Waals surface area contributed by atoms with Gasteiger partial charge < -0.3 is 10.2 Å². The van der Waals surface area contributed by atoms with Gasteiger partial charge in [0.05, 0.1) is 16.3 Å². The van der Waals surface area contributed by atoms with Crippen molar-refractivity contribution in [1.82, 2.24) is 0 Å². The van der Waals surface area contributed by atoms with Crippen LogP contribution >= 0.6 is 11.6 Å². The predicted octanol–water partition coefficient (Wildman–Crippen LogP) is 3.66. The van der Waals surface area contributed by atoms with Crippen LogP contribution in [0.4, 0.5) is 11.4 Å². The van der Waals surface area contributed by atoms with Gasteiger partial charge in [0.15, 0.2) is 9.84 Å². The summed E-state index contributed by atoms with van der Waals surface area (Å²) in [5.41, 5.74) is 2.37. The molecule has 1 N–H and O–H groups in total. The van der Waals surface area contributed by atoms with Gasteiger partial charge in [-0.3, -0.25) is 4.79 Å². The van der Waals surface area contributed by atoms with Crippen molar-refractivity contribution in [2.75, 3.05) is 29.1 Å². The first kappa shape index (κ1) is 18.7. The maximum absolute atomic E-state index is 12.5. The fourth-order valence-corrected chi connectivity index (χ4v) is 4.34. The number of halogens is 1. The average molecular weight is 393 g/mol. The molecule has 2 aromatic carbocycles. The number of carbonyl (C=O) groups excluding carboxylic acids is 1. The van der Waals surface area contributed by atoms with Crippen molar-refractivity contribution < 1.29 is 13.2 Å². The van der Waals surface area contributed by atoms with Gasteiger partial charge in [0.25, 0.3) is 0 Å². The number of hydrogen-bond donors (Lipinski definition) is 1. The summed E-state index contributed by atoms with van der Waals surface area (Å²) in [6.07, 6.45) is 2.19. The van der Waals surface area contributed by atoms with Crippen molar-refractivity contribution in [1.29, 1.82) is 0 Å².